The molecule has 6 atom stereocenters. The predicted octanol–water partition coefficient (Wildman–Crippen LogP) is 12.0. The molecular weight excluding hydrogens is 1300 g/mol. The molecule has 14 heterocycles. The smallest absolute Gasteiger partial charge is 0.211 e. The molecule has 6 aliphatic rings. The summed E-state index contributed by atoms with van der Waals surface area (Å²) >= 11 is 35.9. The van der Waals surface area contributed by atoms with Crippen molar-refractivity contribution in [1.82, 2.24) is 53.1 Å². The zero-order chi connectivity index (χ0) is 62.6. The first-order valence-corrected chi connectivity index (χ1v) is 34.5. The van der Waals surface area contributed by atoms with Crippen LogP contribution in [0.2, 0.25) is 25.2 Å². The van der Waals surface area contributed by atoms with Gasteiger partial charge in [-0.05, 0) is 90.5 Å². The molecule has 474 valence electrons. The Morgan fingerprint density at radius 2 is 0.789 bits per heavy atom. The second-order valence-corrected chi connectivity index (χ2v) is 29.4. The number of ether oxygens (including phenoxy) is 3. The molecule has 6 N–H and O–H groups in total. The van der Waals surface area contributed by atoms with Gasteiger partial charge in [-0.15, -0.1) is 0 Å². The molecule has 0 aliphatic carbocycles. The summed E-state index contributed by atoms with van der Waals surface area (Å²) < 4.78 is 23.7. The van der Waals surface area contributed by atoms with Crippen LogP contribution in [0.4, 0.5) is 17.8 Å². The number of pyridine rings is 2. The van der Waals surface area contributed by atoms with Crippen molar-refractivity contribution in [2.24, 2.45) is 33.4 Å². The number of imidazole rings is 3. The van der Waals surface area contributed by atoms with Gasteiger partial charge in [0.2, 0.25) is 17.8 Å². The SMILES string of the molecule is C[C@@H]1OCC2(CCN(c3ncc(Sc4cccc(Cl)c4Cl)c4nccn34)CC2)[C@@H]1N.C[C@@H]1OCC2(CCN(c3ncc(Sc4ccnc(Cl)c4Cl)c4nccn34)CC2)[C@@H]1N.Cc1nccc(Sc2cnc(N3CCC4(CC3)CO[C@@H](C)[C@H]4N)n3ccnc23)c1Cl. The van der Waals surface area contributed by atoms with E-state index >= 15 is 0 Å². The lowest BCUT2D eigenvalue weighted by atomic mass is 9.73. The van der Waals surface area contributed by atoms with Crippen molar-refractivity contribution in [2.45, 2.75) is 132 Å². The van der Waals surface area contributed by atoms with Crippen molar-refractivity contribution < 1.29 is 14.2 Å². The molecule has 8 aromatic heterocycles. The maximum atomic E-state index is 6.47. The van der Waals surface area contributed by atoms with Crippen LogP contribution in [0.3, 0.4) is 0 Å². The lowest BCUT2D eigenvalue weighted by Crippen LogP contribution is -2.51. The molecule has 1 aromatic carbocycles. The number of anilines is 3. The summed E-state index contributed by atoms with van der Waals surface area (Å²) in [5.74, 6) is 2.71. The number of fused-ring (bicyclic) bond motifs is 3. The van der Waals surface area contributed by atoms with Crippen molar-refractivity contribution >= 4 is 128 Å². The molecule has 0 saturated carbocycles. The highest BCUT2D eigenvalue weighted by Crippen LogP contribution is 2.47. The van der Waals surface area contributed by atoms with Gasteiger partial charge in [-0.3, -0.25) is 18.2 Å². The van der Waals surface area contributed by atoms with E-state index in [1.165, 1.54) is 23.5 Å². The van der Waals surface area contributed by atoms with E-state index in [9.17, 15) is 0 Å². The van der Waals surface area contributed by atoms with E-state index in [-0.39, 0.29) is 57.8 Å². The second kappa shape index (κ2) is 26.4. The number of piperidine rings is 3. The van der Waals surface area contributed by atoms with Gasteiger partial charge in [0.05, 0.1) is 78.6 Å². The van der Waals surface area contributed by atoms with Gasteiger partial charge in [0.15, 0.2) is 16.9 Å². The van der Waals surface area contributed by atoms with Gasteiger partial charge < -0.3 is 46.1 Å². The van der Waals surface area contributed by atoms with Crippen LogP contribution >= 0.6 is 93.3 Å². The Labute approximate surface area is 560 Å². The molecule has 3 spiro atoms. The number of aryl methyl sites for hydroxylation is 1. The Hall–Kier alpha value is -4.96. The van der Waals surface area contributed by atoms with Crippen LogP contribution in [-0.4, -0.2) is 149 Å². The minimum Gasteiger partial charge on any atom is -0.376 e. The van der Waals surface area contributed by atoms with Gasteiger partial charge in [0.25, 0.3) is 0 Å². The molecule has 6 aliphatic heterocycles. The average Bonchev–Trinajstić information content (AvgIpc) is 1.59. The highest BCUT2D eigenvalue weighted by molar-refractivity contribution is 8.00. The predicted molar refractivity (Wildman–Crippen MR) is 358 cm³/mol. The van der Waals surface area contributed by atoms with Gasteiger partial charge in [-0.1, -0.05) is 99.4 Å². The Morgan fingerprint density at radius 3 is 1.16 bits per heavy atom. The van der Waals surface area contributed by atoms with Gasteiger partial charge in [0.1, 0.15) is 5.15 Å². The van der Waals surface area contributed by atoms with Crippen LogP contribution in [0.25, 0.3) is 16.9 Å². The number of hydrogen-bond acceptors (Lipinski definition) is 20. The number of benzene rings is 1. The highest BCUT2D eigenvalue weighted by atomic mass is 35.5. The summed E-state index contributed by atoms with van der Waals surface area (Å²) in [7, 11) is 0. The Bertz CT molecular complexity index is 3660. The quantitative estimate of drug-likeness (QED) is 0.114. The fraction of sp³-hybridized carbons (Fsp3) is 0.452. The maximum Gasteiger partial charge on any atom is 0.211 e. The van der Waals surface area contributed by atoms with E-state index < -0.39 is 0 Å². The van der Waals surface area contributed by atoms with E-state index in [0.717, 1.165) is 167 Å². The van der Waals surface area contributed by atoms with Gasteiger partial charge >= 0.3 is 0 Å². The standard InChI is InChI=1S/C21H23Cl2N5OS.C21H25ClN6OS.C20H22Cl2N6OS/c1-13-18(24)21(12-29-13)5-8-27(9-6-21)20-26-11-16(19-25-7-10-28(19)20)30-15-4-2-3-14(22)17(15)23;1-13-17(22)15(3-6-24-13)30-16-11-26-20(28-10-7-25-19(16)28)27-8-4-21(5-9-27)12-29-14(2)18(21)23;1-12-16(23)20(11-29-12)3-7-27(8-4-20)19-26-10-14(18-25-6-9-28(18)19)30-13-2-5-24-17(22)15(13)21/h2-4,7,10-11,13,18H,5-6,8-9,12,24H2,1H3;3,6-7,10-11,14,18H,4-5,8-9,12,23H2,1-2H3;2,5-6,9-10,12,16H,3-4,7-8,11,23H2,1H3/t13-,18+;14-,18+;12-,16+/m000/s1. The normalized spacial score (nSPS) is 23.5. The Kier molecular flexibility index (Phi) is 18.7. The fourth-order valence-electron chi connectivity index (χ4n) is 13.4. The molecule has 15 rings (SSSR count). The number of aromatic nitrogens is 11. The van der Waals surface area contributed by atoms with Gasteiger partial charge in [-0.25, -0.2) is 34.9 Å². The van der Waals surface area contributed by atoms with Crippen LogP contribution in [0.5, 0.6) is 0 Å². The number of nitrogens with two attached hydrogens (primary N) is 3. The molecule has 6 saturated heterocycles. The van der Waals surface area contributed by atoms with E-state index in [4.69, 9.17) is 104 Å². The van der Waals surface area contributed by atoms with E-state index in [1.54, 1.807) is 42.6 Å². The van der Waals surface area contributed by atoms with E-state index in [1.807, 2.05) is 83.4 Å². The molecule has 28 heteroatoms. The minimum absolute atomic E-state index is 0.0805. The maximum absolute atomic E-state index is 6.47. The molecule has 20 nitrogen and oxygen atoms in total. The van der Waals surface area contributed by atoms with Crippen molar-refractivity contribution in [2.75, 3.05) is 73.8 Å². The van der Waals surface area contributed by atoms with Gasteiger partial charge in [0, 0.05) is 156 Å². The number of nitrogens with zero attached hydrogens (tertiary/aromatic N) is 14. The first-order chi connectivity index (χ1) is 43.4. The molecule has 90 heavy (non-hydrogen) atoms. The van der Waals surface area contributed by atoms with Crippen molar-refractivity contribution in [3.63, 3.8) is 0 Å². The molecule has 0 unspecified atom stereocenters. The second-order valence-electron chi connectivity index (χ2n) is 24.3. The Balaban J connectivity index is 0.000000124. The third-order valence-corrected chi connectivity index (χ3v) is 24.8. The largest absolute Gasteiger partial charge is 0.376 e. The summed E-state index contributed by atoms with van der Waals surface area (Å²) in [5, 5.41) is 2.47. The molecular formula is C62H70Cl5N17O3S3. The van der Waals surface area contributed by atoms with Crippen LogP contribution in [0.15, 0.2) is 128 Å². The lowest BCUT2D eigenvalue weighted by molar-refractivity contribution is 0.0972. The topological polar surface area (TPSA) is 232 Å². The first-order valence-electron chi connectivity index (χ1n) is 30.2. The number of halogens is 5. The zero-order valence-electron chi connectivity index (χ0n) is 50.1. The summed E-state index contributed by atoms with van der Waals surface area (Å²) in [4.78, 5) is 48.7. The molecule has 0 radical (unpaired) electrons. The van der Waals surface area contributed by atoms with Crippen LogP contribution in [0.1, 0.15) is 65.0 Å². The van der Waals surface area contributed by atoms with E-state index in [2.05, 4.69) is 64.8 Å². The molecule has 0 amide bonds. The third-order valence-electron chi connectivity index (χ3n) is 19.2. The third kappa shape index (κ3) is 12.2. The van der Waals surface area contributed by atoms with Crippen molar-refractivity contribution in [3.8, 4) is 0 Å². The fourth-order valence-corrected chi connectivity index (χ4v) is 17.4. The van der Waals surface area contributed by atoms with Crippen LogP contribution in [-0.2, 0) is 14.2 Å². The lowest BCUT2D eigenvalue weighted by Gasteiger charge is -2.41. The summed E-state index contributed by atoms with van der Waals surface area (Å²) in [6.45, 7) is 15.8. The summed E-state index contributed by atoms with van der Waals surface area (Å²) in [6, 6.07) is 9.68. The number of rotatable bonds is 9. The average molecular weight is 1370 g/mol. The van der Waals surface area contributed by atoms with Gasteiger partial charge in [-0.2, -0.15) is 0 Å². The first kappa shape index (κ1) is 63.8. The highest BCUT2D eigenvalue weighted by Gasteiger charge is 2.50. The number of hydrogen-bond donors (Lipinski definition) is 3. The van der Waals surface area contributed by atoms with Crippen molar-refractivity contribution in [3.05, 3.63) is 129 Å². The Morgan fingerprint density at radius 1 is 0.433 bits per heavy atom. The molecule has 0 bridgehead atoms. The van der Waals surface area contributed by atoms with Crippen molar-refractivity contribution in [1.29, 1.82) is 0 Å². The zero-order valence-corrected chi connectivity index (χ0v) is 56.4. The van der Waals surface area contributed by atoms with E-state index in [0.29, 0.717) is 20.1 Å². The summed E-state index contributed by atoms with van der Waals surface area (Å²) in [6.07, 6.45) is 26.7. The van der Waals surface area contributed by atoms with Crippen LogP contribution < -0.4 is 31.9 Å². The molecule has 6 fully saturated rings. The summed E-state index contributed by atoms with van der Waals surface area (Å²) in [5.41, 5.74) is 23.0. The monoisotopic (exact) mass is 1370 g/mol. The van der Waals surface area contributed by atoms with Crippen LogP contribution in [0, 0.1) is 23.2 Å². The molecule has 9 aromatic rings. The minimum atomic E-state index is 0.0805.